The van der Waals surface area contributed by atoms with Crippen molar-refractivity contribution in [1.29, 1.82) is 0 Å². The Bertz CT molecular complexity index is 1300. The first-order chi connectivity index (χ1) is 14.9. The molecule has 0 aliphatic carbocycles. The van der Waals surface area contributed by atoms with Gasteiger partial charge in [0.2, 0.25) is 0 Å². The summed E-state index contributed by atoms with van der Waals surface area (Å²) in [7, 11) is 3.12. The monoisotopic (exact) mass is 439 g/mol. The Balaban J connectivity index is 1.70. The first-order valence-electron chi connectivity index (χ1n) is 9.20. The van der Waals surface area contributed by atoms with Gasteiger partial charge in [-0.1, -0.05) is 17.7 Å². The number of pyridine rings is 1. The average molecular weight is 440 g/mol. The van der Waals surface area contributed by atoms with Crippen molar-refractivity contribution in [3.8, 4) is 34.5 Å². The number of nitrogens with zero attached hydrogens (tertiary/aromatic N) is 2. The van der Waals surface area contributed by atoms with E-state index in [0.29, 0.717) is 44.7 Å². The number of ether oxygens (including phenoxy) is 3. The van der Waals surface area contributed by atoms with E-state index in [9.17, 15) is 9.90 Å². The van der Waals surface area contributed by atoms with Crippen LogP contribution in [0.25, 0.3) is 22.4 Å². The van der Waals surface area contributed by atoms with Crippen LogP contribution in [0, 0.1) is 6.92 Å². The normalized spacial score (nSPS) is 10.8. The Hall–Kier alpha value is -3.78. The SMILES string of the molecule is COc1ccc(-c2nc3nc(Oc4ccc(C)c(C(=O)O)c4)[nH]c3cc2Cl)cc1OC. The first kappa shape index (κ1) is 20.5. The number of imidazole rings is 1. The maximum atomic E-state index is 11.3. The van der Waals surface area contributed by atoms with Crippen LogP contribution in [-0.2, 0) is 0 Å². The van der Waals surface area contributed by atoms with Gasteiger partial charge in [0.25, 0.3) is 0 Å². The van der Waals surface area contributed by atoms with Crippen molar-refractivity contribution in [1.82, 2.24) is 15.0 Å². The van der Waals surface area contributed by atoms with E-state index in [1.807, 2.05) is 6.07 Å². The fourth-order valence-corrected chi connectivity index (χ4v) is 3.40. The largest absolute Gasteiger partial charge is 0.493 e. The third-order valence-corrected chi connectivity index (χ3v) is 5.00. The minimum absolute atomic E-state index is 0.158. The molecule has 9 heteroatoms. The molecule has 4 rings (SSSR count). The Morgan fingerprint density at radius 2 is 1.81 bits per heavy atom. The standard InChI is InChI=1S/C22H18ClN3O5/c1-11-4-6-13(9-14(11)21(27)28)31-22-24-16-10-15(23)19(25-20(16)26-22)12-5-7-17(29-2)18(8-12)30-3/h4-10H,1-3H3,(H,27,28)(H,24,25,26). The number of methoxy groups -OCH3 is 2. The van der Waals surface area contributed by atoms with Crippen molar-refractivity contribution < 1.29 is 24.1 Å². The van der Waals surface area contributed by atoms with Crippen LogP contribution < -0.4 is 14.2 Å². The smallest absolute Gasteiger partial charge is 0.336 e. The minimum atomic E-state index is -1.03. The molecule has 0 bridgehead atoms. The number of rotatable bonds is 6. The number of hydrogen-bond acceptors (Lipinski definition) is 6. The summed E-state index contributed by atoms with van der Waals surface area (Å²) in [5.74, 6) is 0.462. The summed E-state index contributed by atoms with van der Waals surface area (Å²) < 4.78 is 16.3. The summed E-state index contributed by atoms with van der Waals surface area (Å²) in [5, 5.41) is 9.70. The van der Waals surface area contributed by atoms with E-state index in [0.717, 1.165) is 5.56 Å². The van der Waals surface area contributed by atoms with Gasteiger partial charge in [0, 0.05) is 5.56 Å². The molecule has 0 spiro atoms. The molecular weight excluding hydrogens is 422 g/mol. The molecule has 158 valence electrons. The number of aromatic nitrogens is 3. The topological polar surface area (TPSA) is 107 Å². The predicted octanol–water partition coefficient (Wildman–Crippen LogP) is 5.09. The van der Waals surface area contributed by atoms with Crippen LogP contribution >= 0.6 is 11.6 Å². The molecule has 0 saturated heterocycles. The highest BCUT2D eigenvalue weighted by Gasteiger charge is 2.15. The minimum Gasteiger partial charge on any atom is -0.493 e. The third-order valence-electron chi connectivity index (χ3n) is 4.72. The highest BCUT2D eigenvalue weighted by Crippen LogP contribution is 2.35. The summed E-state index contributed by atoms with van der Waals surface area (Å²) in [4.78, 5) is 23.2. The van der Waals surface area contributed by atoms with E-state index < -0.39 is 5.97 Å². The number of aromatic carboxylic acids is 1. The quantitative estimate of drug-likeness (QED) is 0.430. The Kier molecular flexibility index (Phi) is 5.39. The molecule has 4 aromatic rings. The van der Waals surface area contributed by atoms with Crippen LogP contribution in [0.3, 0.4) is 0 Å². The average Bonchev–Trinajstić information content (AvgIpc) is 3.14. The Morgan fingerprint density at radius 3 is 2.52 bits per heavy atom. The number of fused-ring (bicyclic) bond motifs is 1. The van der Waals surface area contributed by atoms with Crippen LogP contribution in [0.4, 0.5) is 0 Å². The maximum absolute atomic E-state index is 11.3. The van der Waals surface area contributed by atoms with Crippen LogP contribution in [-0.4, -0.2) is 40.2 Å². The second-order valence-corrected chi connectivity index (χ2v) is 7.09. The van der Waals surface area contributed by atoms with E-state index in [2.05, 4.69) is 15.0 Å². The number of H-pyrrole nitrogens is 1. The second-order valence-electron chi connectivity index (χ2n) is 6.69. The summed E-state index contributed by atoms with van der Waals surface area (Å²) in [6.45, 7) is 1.72. The molecular formula is C22H18ClN3O5. The lowest BCUT2D eigenvalue weighted by molar-refractivity contribution is 0.0695. The lowest BCUT2D eigenvalue weighted by Crippen LogP contribution is -2.00. The lowest BCUT2D eigenvalue weighted by atomic mass is 10.1. The molecule has 0 aliphatic heterocycles. The van der Waals surface area contributed by atoms with Crippen molar-refractivity contribution in [3.63, 3.8) is 0 Å². The van der Waals surface area contributed by atoms with Crippen LogP contribution in [0.15, 0.2) is 42.5 Å². The number of aryl methyl sites for hydroxylation is 1. The zero-order chi connectivity index (χ0) is 22.1. The number of aromatic amines is 1. The number of carboxylic acid groups (broad SMARTS) is 1. The summed E-state index contributed by atoms with van der Waals surface area (Å²) in [6, 6.07) is 12.0. The number of benzene rings is 2. The van der Waals surface area contributed by atoms with Gasteiger partial charge in [0.05, 0.1) is 36.0 Å². The molecule has 2 aromatic heterocycles. The second kappa shape index (κ2) is 8.16. The predicted molar refractivity (Wildman–Crippen MR) is 116 cm³/mol. The molecule has 0 amide bonds. The molecule has 0 radical (unpaired) electrons. The number of nitrogens with one attached hydrogen (secondary N) is 1. The summed E-state index contributed by atoms with van der Waals surface area (Å²) in [5.41, 5.74) is 3.03. The molecule has 2 N–H and O–H groups in total. The van der Waals surface area contributed by atoms with Gasteiger partial charge in [-0.25, -0.2) is 9.78 Å². The van der Waals surface area contributed by atoms with Gasteiger partial charge in [0.1, 0.15) is 5.75 Å². The van der Waals surface area contributed by atoms with E-state index in [4.69, 9.17) is 25.8 Å². The van der Waals surface area contributed by atoms with Gasteiger partial charge < -0.3 is 24.3 Å². The van der Waals surface area contributed by atoms with Crippen molar-refractivity contribution in [2.45, 2.75) is 6.92 Å². The van der Waals surface area contributed by atoms with Crippen LogP contribution in [0.1, 0.15) is 15.9 Å². The van der Waals surface area contributed by atoms with Gasteiger partial charge in [-0.15, -0.1) is 0 Å². The van der Waals surface area contributed by atoms with E-state index >= 15 is 0 Å². The maximum Gasteiger partial charge on any atom is 0.336 e. The molecule has 31 heavy (non-hydrogen) atoms. The van der Waals surface area contributed by atoms with Crippen molar-refractivity contribution in [2.24, 2.45) is 0 Å². The molecule has 0 aliphatic rings. The number of carbonyl (C=O) groups is 1. The van der Waals surface area contributed by atoms with Crippen molar-refractivity contribution in [2.75, 3.05) is 14.2 Å². The summed E-state index contributed by atoms with van der Waals surface area (Å²) in [6.07, 6.45) is 0. The van der Waals surface area contributed by atoms with E-state index in [-0.39, 0.29) is 11.6 Å². The fraction of sp³-hybridized carbons (Fsp3) is 0.136. The van der Waals surface area contributed by atoms with Gasteiger partial charge in [-0.3, -0.25) is 0 Å². The molecule has 8 nitrogen and oxygen atoms in total. The third kappa shape index (κ3) is 3.97. The van der Waals surface area contributed by atoms with Crippen molar-refractivity contribution >= 4 is 28.7 Å². The van der Waals surface area contributed by atoms with Crippen molar-refractivity contribution in [3.05, 3.63) is 58.6 Å². The molecule has 0 atom stereocenters. The zero-order valence-electron chi connectivity index (χ0n) is 16.9. The van der Waals surface area contributed by atoms with Crippen LogP contribution in [0.2, 0.25) is 5.02 Å². The number of carboxylic acids is 1. The highest BCUT2D eigenvalue weighted by molar-refractivity contribution is 6.33. The number of halogens is 1. The summed E-state index contributed by atoms with van der Waals surface area (Å²) >= 11 is 6.46. The molecule has 0 unspecified atom stereocenters. The van der Waals surface area contributed by atoms with Crippen LogP contribution in [0.5, 0.6) is 23.3 Å². The fourth-order valence-electron chi connectivity index (χ4n) is 3.14. The first-order valence-corrected chi connectivity index (χ1v) is 9.58. The zero-order valence-corrected chi connectivity index (χ0v) is 17.6. The lowest BCUT2D eigenvalue weighted by Gasteiger charge is -2.10. The highest BCUT2D eigenvalue weighted by atomic mass is 35.5. The molecule has 2 heterocycles. The number of hydrogen-bond donors (Lipinski definition) is 2. The molecule has 2 aromatic carbocycles. The van der Waals surface area contributed by atoms with E-state index in [1.165, 1.54) is 6.07 Å². The Labute approximate surface area is 182 Å². The Morgan fingerprint density at radius 1 is 1.03 bits per heavy atom. The van der Waals surface area contributed by atoms with Gasteiger partial charge >= 0.3 is 12.0 Å². The van der Waals surface area contributed by atoms with Gasteiger partial charge in [0.15, 0.2) is 17.1 Å². The van der Waals surface area contributed by atoms with Gasteiger partial charge in [-0.05, 0) is 48.9 Å². The van der Waals surface area contributed by atoms with E-state index in [1.54, 1.807) is 51.5 Å². The van der Waals surface area contributed by atoms with Gasteiger partial charge in [-0.2, -0.15) is 4.98 Å². The molecule has 0 saturated carbocycles. The molecule has 0 fully saturated rings.